The van der Waals surface area contributed by atoms with E-state index in [1.807, 2.05) is 11.9 Å². The molecule has 1 aromatic heterocycles. The van der Waals surface area contributed by atoms with Gasteiger partial charge in [0, 0.05) is 38.8 Å². The Hall–Kier alpha value is -1.47. The number of carbonyl (C=O) groups excluding carboxylic acids is 1. The van der Waals surface area contributed by atoms with Gasteiger partial charge in [0.2, 0.25) is 5.91 Å². The number of rotatable bonds is 5. The molecule has 0 atom stereocenters. The van der Waals surface area contributed by atoms with Gasteiger partial charge in [0.05, 0.1) is 11.9 Å². The number of aromatic nitrogens is 3. The first kappa shape index (κ1) is 15.9. The lowest BCUT2D eigenvalue weighted by molar-refractivity contribution is -0.133. The predicted molar refractivity (Wildman–Crippen MR) is 80.4 cm³/mol. The SMILES string of the molecule is CC(C)N1CCC(N(C)C(=O)Cn2cc(CN)nn2)CC1. The summed E-state index contributed by atoms with van der Waals surface area (Å²) < 4.78 is 1.56. The van der Waals surface area contributed by atoms with E-state index in [1.54, 1.807) is 10.9 Å². The highest BCUT2D eigenvalue weighted by Crippen LogP contribution is 2.17. The topological polar surface area (TPSA) is 80.3 Å². The number of likely N-dealkylation sites (tertiary alicyclic amines) is 1. The van der Waals surface area contributed by atoms with Crippen LogP contribution in [0.4, 0.5) is 0 Å². The Bertz CT molecular complexity index is 464. The number of carbonyl (C=O) groups is 1. The van der Waals surface area contributed by atoms with Gasteiger partial charge >= 0.3 is 0 Å². The van der Waals surface area contributed by atoms with Gasteiger partial charge in [0.15, 0.2) is 0 Å². The molecule has 1 saturated heterocycles. The Labute approximate surface area is 126 Å². The normalized spacial score (nSPS) is 17.4. The smallest absolute Gasteiger partial charge is 0.244 e. The van der Waals surface area contributed by atoms with Gasteiger partial charge in [-0.1, -0.05) is 5.21 Å². The van der Waals surface area contributed by atoms with Crippen LogP contribution >= 0.6 is 0 Å². The van der Waals surface area contributed by atoms with Crippen LogP contribution in [0.25, 0.3) is 0 Å². The molecule has 1 aromatic rings. The highest BCUT2D eigenvalue weighted by Gasteiger charge is 2.26. The van der Waals surface area contributed by atoms with Gasteiger partial charge in [-0.15, -0.1) is 5.10 Å². The molecule has 7 nitrogen and oxygen atoms in total. The molecule has 0 bridgehead atoms. The quantitative estimate of drug-likeness (QED) is 0.831. The standard InChI is InChI=1S/C14H26N6O/c1-11(2)19-6-4-13(5-7-19)18(3)14(21)10-20-9-12(8-15)16-17-20/h9,11,13H,4-8,10,15H2,1-3H3. The minimum absolute atomic E-state index is 0.0754. The molecule has 21 heavy (non-hydrogen) atoms. The van der Waals surface area contributed by atoms with Gasteiger partial charge in [0.1, 0.15) is 6.54 Å². The zero-order valence-electron chi connectivity index (χ0n) is 13.2. The first-order valence-electron chi connectivity index (χ1n) is 7.60. The molecule has 0 aromatic carbocycles. The van der Waals surface area contributed by atoms with E-state index in [0.717, 1.165) is 25.9 Å². The lowest BCUT2D eigenvalue weighted by Crippen LogP contribution is -2.48. The van der Waals surface area contributed by atoms with Crippen molar-refractivity contribution in [3.63, 3.8) is 0 Å². The Morgan fingerprint density at radius 2 is 2.14 bits per heavy atom. The van der Waals surface area contributed by atoms with Gasteiger partial charge in [-0.05, 0) is 26.7 Å². The molecule has 118 valence electrons. The number of nitrogens with zero attached hydrogens (tertiary/aromatic N) is 5. The van der Waals surface area contributed by atoms with E-state index < -0.39 is 0 Å². The van der Waals surface area contributed by atoms with Gasteiger partial charge in [0.25, 0.3) is 0 Å². The third-order valence-electron chi connectivity index (χ3n) is 4.26. The molecule has 1 fully saturated rings. The molecule has 7 heteroatoms. The summed E-state index contributed by atoms with van der Waals surface area (Å²) in [6, 6.07) is 0.904. The molecule has 1 amide bonds. The monoisotopic (exact) mass is 294 g/mol. The van der Waals surface area contributed by atoms with Crippen LogP contribution in [0.3, 0.4) is 0 Å². The predicted octanol–water partition coefficient (Wildman–Crippen LogP) is 0.0680. The summed E-state index contributed by atoms with van der Waals surface area (Å²) >= 11 is 0. The van der Waals surface area contributed by atoms with Crippen LogP contribution in [0.15, 0.2) is 6.20 Å². The number of amides is 1. The number of hydrogen-bond donors (Lipinski definition) is 1. The maximum Gasteiger partial charge on any atom is 0.244 e. The Kier molecular flexibility index (Phi) is 5.30. The first-order valence-corrected chi connectivity index (χ1v) is 7.60. The van der Waals surface area contributed by atoms with Crippen LogP contribution in [0.2, 0.25) is 0 Å². The molecular formula is C14H26N6O. The Morgan fingerprint density at radius 3 is 2.67 bits per heavy atom. The van der Waals surface area contributed by atoms with Crippen LogP contribution in [0.1, 0.15) is 32.4 Å². The number of likely N-dealkylation sites (N-methyl/N-ethyl adjacent to an activating group) is 1. The van der Waals surface area contributed by atoms with Gasteiger partial charge < -0.3 is 15.5 Å². The molecule has 0 aliphatic carbocycles. The van der Waals surface area contributed by atoms with Crippen LogP contribution in [0, 0.1) is 0 Å². The number of hydrogen-bond acceptors (Lipinski definition) is 5. The van der Waals surface area contributed by atoms with Crippen molar-refractivity contribution in [2.45, 2.75) is 51.9 Å². The molecule has 2 rings (SSSR count). The van der Waals surface area contributed by atoms with E-state index in [-0.39, 0.29) is 12.5 Å². The summed E-state index contributed by atoms with van der Waals surface area (Å²) in [5.74, 6) is 0.0754. The summed E-state index contributed by atoms with van der Waals surface area (Å²) in [7, 11) is 1.89. The maximum atomic E-state index is 12.3. The fourth-order valence-corrected chi connectivity index (χ4v) is 2.75. The second-order valence-corrected chi connectivity index (χ2v) is 5.98. The van der Waals surface area contributed by atoms with E-state index in [1.165, 1.54) is 0 Å². The lowest BCUT2D eigenvalue weighted by Gasteiger charge is -2.38. The summed E-state index contributed by atoms with van der Waals surface area (Å²) in [6.07, 6.45) is 3.80. The molecule has 1 aliphatic rings. The van der Waals surface area contributed by atoms with E-state index in [2.05, 4.69) is 29.1 Å². The highest BCUT2D eigenvalue weighted by atomic mass is 16.2. The highest BCUT2D eigenvalue weighted by molar-refractivity contribution is 5.75. The molecule has 0 unspecified atom stereocenters. The van der Waals surface area contributed by atoms with Crippen LogP contribution in [0.5, 0.6) is 0 Å². The Balaban J connectivity index is 1.85. The molecular weight excluding hydrogens is 268 g/mol. The van der Waals surface area contributed by atoms with E-state index in [0.29, 0.717) is 24.3 Å². The van der Waals surface area contributed by atoms with Crippen molar-refractivity contribution in [1.29, 1.82) is 0 Å². The largest absolute Gasteiger partial charge is 0.341 e. The molecule has 1 aliphatic heterocycles. The van der Waals surface area contributed by atoms with Crippen molar-refractivity contribution >= 4 is 5.91 Å². The molecule has 0 saturated carbocycles. The average molecular weight is 294 g/mol. The third-order valence-corrected chi connectivity index (χ3v) is 4.26. The summed E-state index contributed by atoms with van der Waals surface area (Å²) in [5, 5.41) is 7.82. The van der Waals surface area contributed by atoms with Gasteiger partial charge in [-0.2, -0.15) is 0 Å². The number of nitrogens with two attached hydrogens (primary N) is 1. The van der Waals surface area contributed by atoms with Crippen molar-refractivity contribution in [2.24, 2.45) is 5.73 Å². The molecule has 2 N–H and O–H groups in total. The zero-order chi connectivity index (χ0) is 15.4. The van der Waals surface area contributed by atoms with Crippen molar-refractivity contribution in [2.75, 3.05) is 20.1 Å². The third kappa shape index (κ3) is 4.01. The second kappa shape index (κ2) is 7.00. The van der Waals surface area contributed by atoms with Crippen LogP contribution in [-0.2, 0) is 17.9 Å². The first-order chi connectivity index (χ1) is 10.0. The summed E-state index contributed by atoms with van der Waals surface area (Å²) in [6.45, 7) is 7.12. The van der Waals surface area contributed by atoms with E-state index in [4.69, 9.17) is 5.73 Å². The van der Waals surface area contributed by atoms with E-state index in [9.17, 15) is 4.79 Å². The molecule has 2 heterocycles. The maximum absolute atomic E-state index is 12.3. The van der Waals surface area contributed by atoms with Crippen molar-refractivity contribution < 1.29 is 4.79 Å². The van der Waals surface area contributed by atoms with Crippen LogP contribution < -0.4 is 5.73 Å². The number of piperidine rings is 1. The minimum atomic E-state index is 0.0754. The van der Waals surface area contributed by atoms with Crippen molar-refractivity contribution in [3.05, 3.63) is 11.9 Å². The molecule has 0 radical (unpaired) electrons. The second-order valence-electron chi connectivity index (χ2n) is 5.98. The minimum Gasteiger partial charge on any atom is -0.341 e. The fraction of sp³-hybridized carbons (Fsp3) is 0.786. The van der Waals surface area contributed by atoms with E-state index >= 15 is 0 Å². The van der Waals surface area contributed by atoms with Crippen molar-refractivity contribution in [3.8, 4) is 0 Å². The Morgan fingerprint density at radius 1 is 1.48 bits per heavy atom. The van der Waals surface area contributed by atoms with Crippen LogP contribution in [-0.4, -0.2) is 62.9 Å². The lowest BCUT2D eigenvalue weighted by atomic mass is 10.0. The van der Waals surface area contributed by atoms with Gasteiger partial charge in [-0.25, -0.2) is 4.68 Å². The van der Waals surface area contributed by atoms with Crippen molar-refractivity contribution in [1.82, 2.24) is 24.8 Å². The molecule has 0 spiro atoms. The fourth-order valence-electron chi connectivity index (χ4n) is 2.75. The summed E-state index contributed by atoms with van der Waals surface area (Å²) in [5.41, 5.74) is 6.20. The average Bonchev–Trinajstić information content (AvgIpc) is 2.94. The zero-order valence-corrected chi connectivity index (χ0v) is 13.2. The summed E-state index contributed by atoms with van der Waals surface area (Å²) in [4.78, 5) is 16.6. The van der Waals surface area contributed by atoms with Gasteiger partial charge in [-0.3, -0.25) is 4.79 Å².